The standard InChI is InChI=1S/C15H20O.C6H14O2.C2H4/c1-12(14-5-3-2-4-6-14)15-9-7-13(11-16)8-10-15;1-4-7-6(3)8-5-2;1-2/h7-12,14H,2-6H2,1H3;6H,4-5H2,1-3H3;1-2H2. The minimum absolute atomic E-state index is 0.0370. The van der Waals surface area contributed by atoms with E-state index in [9.17, 15) is 4.79 Å². The van der Waals surface area contributed by atoms with Gasteiger partial charge in [-0.2, -0.15) is 0 Å². The molecule has 2 rings (SSSR count). The third kappa shape index (κ3) is 9.88. The highest BCUT2D eigenvalue weighted by atomic mass is 16.7. The zero-order chi connectivity index (χ0) is 19.8. The second-order valence-corrected chi connectivity index (χ2v) is 6.45. The van der Waals surface area contributed by atoms with Crippen molar-refractivity contribution in [2.75, 3.05) is 13.2 Å². The number of carbonyl (C=O) groups is 1. The summed E-state index contributed by atoms with van der Waals surface area (Å²) in [6, 6.07) is 8.09. The first-order valence-corrected chi connectivity index (χ1v) is 9.90. The molecular formula is C23H38O3. The number of hydrogen-bond acceptors (Lipinski definition) is 3. The van der Waals surface area contributed by atoms with Crippen LogP contribution in [-0.4, -0.2) is 25.8 Å². The van der Waals surface area contributed by atoms with Gasteiger partial charge in [0.1, 0.15) is 6.29 Å². The Labute approximate surface area is 160 Å². The van der Waals surface area contributed by atoms with Crippen LogP contribution in [-0.2, 0) is 9.47 Å². The average molecular weight is 363 g/mol. The predicted octanol–water partition coefficient (Wildman–Crippen LogP) is 6.39. The number of aldehydes is 1. The Kier molecular flexibility index (Phi) is 14.9. The highest BCUT2D eigenvalue weighted by Gasteiger charge is 2.20. The highest BCUT2D eigenvalue weighted by molar-refractivity contribution is 5.74. The van der Waals surface area contributed by atoms with Gasteiger partial charge >= 0.3 is 0 Å². The fourth-order valence-corrected chi connectivity index (χ4v) is 3.30. The Hall–Kier alpha value is -1.45. The second-order valence-electron chi connectivity index (χ2n) is 6.45. The topological polar surface area (TPSA) is 35.5 Å². The lowest BCUT2D eigenvalue weighted by Crippen LogP contribution is -2.13. The molecule has 3 nitrogen and oxygen atoms in total. The third-order valence-electron chi connectivity index (χ3n) is 4.76. The number of hydrogen-bond donors (Lipinski definition) is 0. The molecule has 3 heteroatoms. The van der Waals surface area contributed by atoms with Crippen molar-refractivity contribution in [1.29, 1.82) is 0 Å². The summed E-state index contributed by atoms with van der Waals surface area (Å²) in [6.07, 6.45) is 7.81. The molecule has 26 heavy (non-hydrogen) atoms. The van der Waals surface area contributed by atoms with Crippen LogP contribution in [0.3, 0.4) is 0 Å². The number of carbonyl (C=O) groups excluding carboxylic acids is 1. The molecule has 0 saturated heterocycles. The van der Waals surface area contributed by atoms with Crippen LogP contribution in [0.5, 0.6) is 0 Å². The summed E-state index contributed by atoms with van der Waals surface area (Å²) in [5.41, 5.74) is 2.16. The van der Waals surface area contributed by atoms with E-state index in [1.165, 1.54) is 37.7 Å². The van der Waals surface area contributed by atoms with E-state index < -0.39 is 0 Å². The van der Waals surface area contributed by atoms with E-state index in [2.05, 4.69) is 32.2 Å². The molecule has 0 spiro atoms. The van der Waals surface area contributed by atoms with Crippen molar-refractivity contribution in [1.82, 2.24) is 0 Å². The van der Waals surface area contributed by atoms with Crippen LogP contribution in [0, 0.1) is 5.92 Å². The van der Waals surface area contributed by atoms with Crippen molar-refractivity contribution < 1.29 is 14.3 Å². The van der Waals surface area contributed by atoms with Gasteiger partial charge in [-0.15, -0.1) is 13.2 Å². The molecule has 0 radical (unpaired) electrons. The van der Waals surface area contributed by atoms with Gasteiger partial charge < -0.3 is 9.47 Å². The third-order valence-corrected chi connectivity index (χ3v) is 4.76. The Morgan fingerprint density at radius 3 is 1.92 bits per heavy atom. The molecule has 1 aliphatic carbocycles. The van der Waals surface area contributed by atoms with Crippen molar-refractivity contribution >= 4 is 6.29 Å². The van der Waals surface area contributed by atoms with Gasteiger partial charge in [-0.05, 0) is 51.0 Å². The minimum Gasteiger partial charge on any atom is -0.353 e. The van der Waals surface area contributed by atoms with E-state index in [1.807, 2.05) is 32.9 Å². The van der Waals surface area contributed by atoms with Gasteiger partial charge in [0.25, 0.3) is 0 Å². The Bertz CT molecular complexity index is 443. The van der Waals surface area contributed by atoms with Gasteiger partial charge in [-0.25, -0.2) is 0 Å². The maximum absolute atomic E-state index is 10.6. The van der Waals surface area contributed by atoms with Crippen LogP contribution in [0.15, 0.2) is 37.4 Å². The summed E-state index contributed by atoms with van der Waals surface area (Å²) in [4.78, 5) is 10.6. The van der Waals surface area contributed by atoms with Crippen LogP contribution in [0.25, 0.3) is 0 Å². The van der Waals surface area contributed by atoms with E-state index in [4.69, 9.17) is 9.47 Å². The lowest BCUT2D eigenvalue weighted by molar-refractivity contribution is -0.123. The summed E-state index contributed by atoms with van der Waals surface area (Å²) in [6.45, 7) is 15.6. The van der Waals surface area contributed by atoms with Gasteiger partial charge in [0.15, 0.2) is 6.29 Å². The molecule has 1 fully saturated rings. The monoisotopic (exact) mass is 362 g/mol. The van der Waals surface area contributed by atoms with E-state index in [0.29, 0.717) is 5.92 Å². The van der Waals surface area contributed by atoms with E-state index in [-0.39, 0.29) is 6.29 Å². The molecule has 1 aromatic rings. The summed E-state index contributed by atoms with van der Waals surface area (Å²) in [5, 5.41) is 0. The Morgan fingerprint density at radius 2 is 1.50 bits per heavy atom. The SMILES string of the molecule is C=C.CC(c1ccc(C=O)cc1)C1CCCCC1.CCOC(C)OCC. The Morgan fingerprint density at radius 1 is 1.00 bits per heavy atom. The molecule has 1 atom stereocenters. The zero-order valence-corrected chi connectivity index (χ0v) is 17.2. The zero-order valence-electron chi connectivity index (χ0n) is 17.2. The number of benzene rings is 1. The molecule has 1 aromatic carbocycles. The molecule has 0 aromatic heterocycles. The maximum atomic E-state index is 10.6. The van der Waals surface area contributed by atoms with Gasteiger partial charge in [-0.3, -0.25) is 4.79 Å². The first-order valence-electron chi connectivity index (χ1n) is 9.90. The van der Waals surface area contributed by atoms with Crippen molar-refractivity contribution in [3.05, 3.63) is 48.6 Å². The van der Waals surface area contributed by atoms with Crippen LogP contribution in [0.2, 0.25) is 0 Å². The van der Waals surface area contributed by atoms with Gasteiger partial charge in [0, 0.05) is 18.8 Å². The van der Waals surface area contributed by atoms with Gasteiger partial charge in [0.05, 0.1) is 0 Å². The number of ether oxygens (including phenoxy) is 2. The van der Waals surface area contributed by atoms with Crippen LogP contribution in [0.1, 0.15) is 81.6 Å². The van der Waals surface area contributed by atoms with Crippen LogP contribution >= 0.6 is 0 Å². The van der Waals surface area contributed by atoms with Crippen molar-refractivity contribution in [2.45, 2.75) is 72.0 Å². The molecule has 0 aliphatic heterocycles. The quantitative estimate of drug-likeness (QED) is 0.320. The van der Waals surface area contributed by atoms with Crippen molar-refractivity contribution in [3.8, 4) is 0 Å². The molecular weight excluding hydrogens is 324 g/mol. The fourth-order valence-electron chi connectivity index (χ4n) is 3.30. The predicted molar refractivity (Wildman–Crippen MR) is 111 cm³/mol. The molecule has 0 amide bonds. The van der Waals surface area contributed by atoms with Crippen molar-refractivity contribution in [2.24, 2.45) is 5.92 Å². The lowest BCUT2D eigenvalue weighted by atomic mass is 9.78. The first kappa shape index (κ1) is 24.6. The second kappa shape index (κ2) is 15.8. The van der Waals surface area contributed by atoms with Gasteiger partial charge in [0.2, 0.25) is 0 Å². The summed E-state index contributed by atoms with van der Waals surface area (Å²) < 4.78 is 10.1. The molecule has 1 saturated carbocycles. The first-order chi connectivity index (χ1) is 12.6. The highest BCUT2D eigenvalue weighted by Crippen LogP contribution is 2.35. The number of rotatable bonds is 7. The Balaban J connectivity index is 0.000000533. The van der Waals surface area contributed by atoms with E-state index in [1.54, 1.807) is 0 Å². The summed E-state index contributed by atoms with van der Waals surface area (Å²) in [7, 11) is 0. The molecule has 148 valence electrons. The van der Waals surface area contributed by atoms with Crippen molar-refractivity contribution in [3.63, 3.8) is 0 Å². The maximum Gasteiger partial charge on any atom is 0.154 e. The molecule has 1 aliphatic rings. The molecule has 0 heterocycles. The minimum atomic E-state index is -0.0370. The smallest absolute Gasteiger partial charge is 0.154 e. The van der Waals surface area contributed by atoms with Crippen LogP contribution < -0.4 is 0 Å². The summed E-state index contributed by atoms with van der Waals surface area (Å²) >= 11 is 0. The lowest BCUT2D eigenvalue weighted by Gasteiger charge is -2.28. The molecule has 0 N–H and O–H groups in total. The fraction of sp³-hybridized carbons (Fsp3) is 0.609. The van der Waals surface area contributed by atoms with E-state index in [0.717, 1.165) is 31.0 Å². The molecule has 1 unspecified atom stereocenters. The average Bonchev–Trinajstić information content (AvgIpc) is 2.70. The normalized spacial score (nSPS) is 15.3. The van der Waals surface area contributed by atoms with Crippen LogP contribution in [0.4, 0.5) is 0 Å². The van der Waals surface area contributed by atoms with Gasteiger partial charge in [-0.1, -0.05) is 50.5 Å². The largest absolute Gasteiger partial charge is 0.353 e. The summed E-state index contributed by atoms with van der Waals surface area (Å²) in [5.74, 6) is 1.48. The van der Waals surface area contributed by atoms with E-state index >= 15 is 0 Å². The molecule has 0 bridgehead atoms.